The second-order valence-electron chi connectivity index (χ2n) is 3.60. The van der Waals surface area contributed by atoms with E-state index in [9.17, 15) is 0 Å². The third-order valence-corrected chi connectivity index (χ3v) is 2.30. The normalized spacial score (nSPS) is 10.6. The molecule has 1 aromatic heterocycles. The lowest BCUT2D eigenvalue weighted by molar-refractivity contribution is 1.23. The molecule has 0 amide bonds. The Balaban J connectivity index is 2.87. The van der Waals surface area contributed by atoms with Crippen LogP contribution in [0.3, 0.4) is 0 Å². The van der Waals surface area contributed by atoms with Gasteiger partial charge in [-0.05, 0) is 31.5 Å². The topological polar surface area (TPSA) is 12.9 Å². The summed E-state index contributed by atoms with van der Waals surface area (Å²) in [6.07, 6.45) is 0. The number of hydrogen-bond donors (Lipinski definition) is 0. The summed E-state index contributed by atoms with van der Waals surface area (Å²) in [5.41, 5.74) is 4.80. The van der Waals surface area contributed by atoms with Gasteiger partial charge in [-0.25, -0.2) is 0 Å². The average molecular weight is 169 g/mol. The zero-order valence-electron chi connectivity index (χ0n) is 8.26. The molecule has 2 aromatic rings. The van der Waals surface area contributed by atoms with Crippen LogP contribution in [0.1, 0.15) is 11.3 Å². The van der Waals surface area contributed by atoms with Crippen LogP contribution in [0.15, 0.2) is 24.3 Å². The molecule has 0 aliphatic rings. The standard InChI is InChI=1S/C11H12BN/c1-7-5-8(2)13-11-4-3-9(12)6-10(7)11/h3-6H,12H2,1-2H3. The Hall–Kier alpha value is -1.31. The number of rotatable bonds is 0. The van der Waals surface area contributed by atoms with Gasteiger partial charge in [-0.3, -0.25) is 4.98 Å². The minimum absolute atomic E-state index is 1.09. The SMILES string of the molecule is Bc1ccc2nc(C)cc(C)c2c1. The van der Waals surface area contributed by atoms with E-state index in [1.165, 1.54) is 16.4 Å². The highest BCUT2D eigenvalue weighted by Gasteiger charge is 1.99. The average Bonchev–Trinajstić information content (AvgIpc) is 2.06. The highest BCUT2D eigenvalue weighted by Crippen LogP contribution is 2.15. The second kappa shape index (κ2) is 2.88. The van der Waals surface area contributed by atoms with Gasteiger partial charge in [-0.1, -0.05) is 17.6 Å². The van der Waals surface area contributed by atoms with Gasteiger partial charge in [0.25, 0.3) is 0 Å². The number of aryl methyl sites for hydroxylation is 2. The van der Waals surface area contributed by atoms with Crippen molar-refractivity contribution in [3.05, 3.63) is 35.5 Å². The zero-order chi connectivity index (χ0) is 9.42. The molecule has 0 aliphatic carbocycles. The van der Waals surface area contributed by atoms with Crippen molar-refractivity contribution in [2.24, 2.45) is 0 Å². The second-order valence-corrected chi connectivity index (χ2v) is 3.60. The Morgan fingerprint density at radius 2 is 1.92 bits per heavy atom. The van der Waals surface area contributed by atoms with E-state index in [2.05, 4.69) is 44.0 Å². The molecular weight excluding hydrogens is 157 g/mol. The molecule has 0 saturated carbocycles. The van der Waals surface area contributed by atoms with Gasteiger partial charge in [0.05, 0.1) is 5.52 Å². The number of aromatic nitrogens is 1. The molecule has 0 spiro atoms. The number of nitrogens with zero attached hydrogens (tertiary/aromatic N) is 1. The van der Waals surface area contributed by atoms with Crippen LogP contribution in [0.2, 0.25) is 0 Å². The minimum Gasteiger partial charge on any atom is -0.253 e. The predicted octanol–water partition coefficient (Wildman–Crippen LogP) is 1.11. The van der Waals surface area contributed by atoms with E-state index in [1.54, 1.807) is 0 Å². The van der Waals surface area contributed by atoms with Gasteiger partial charge in [0.1, 0.15) is 7.85 Å². The van der Waals surface area contributed by atoms with Crippen molar-refractivity contribution >= 4 is 24.2 Å². The first-order valence-electron chi connectivity index (χ1n) is 4.51. The molecule has 2 heteroatoms. The lowest BCUT2D eigenvalue weighted by atomic mass is 9.93. The third-order valence-electron chi connectivity index (χ3n) is 2.30. The molecule has 13 heavy (non-hydrogen) atoms. The molecule has 0 unspecified atom stereocenters. The van der Waals surface area contributed by atoms with Crippen molar-refractivity contribution < 1.29 is 0 Å². The summed E-state index contributed by atoms with van der Waals surface area (Å²) in [6, 6.07) is 8.51. The Bertz CT molecular complexity index is 463. The summed E-state index contributed by atoms with van der Waals surface area (Å²) >= 11 is 0. The first-order chi connectivity index (χ1) is 6.16. The number of fused-ring (bicyclic) bond motifs is 1. The molecule has 1 nitrogen and oxygen atoms in total. The fraction of sp³-hybridized carbons (Fsp3) is 0.182. The quantitative estimate of drug-likeness (QED) is 0.538. The summed E-state index contributed by atoms with van der Waals surface area (Å²) in [4.78, 5) is 4.48. The summed E-state index contributed by atoms with van der Waals surface area (Å²) in [5, 5.41) is 1.27. The molecule has 1 aromatic carbocycles. The van der Waals surface area contributed by atoms with Crippen LogP contribution in [0, 0.1) is 13.8 Å². The smallest absolute Gasteiger partial charge is 0.139 e. The Kier molecular flexibility index (Phi) is 1.84. The van der Waals surface area contributed by atoms with Gasteiger partial charge in [-0.15, -0.1) is 0 Å². The van der Waals surface area contributed by atoms with Gasteiger partial charge in [-0.2, -0.15) is 0 Å². The van der Waals surface area contributed by atoms with E-state index >= 15 is 0 Å². The van der Waals surface area contributed by atoms with Crippen LogP contribution in [0.4, 0.5) is 0 Å². The maximum absolute atomic E-state index is 4.48. The lowest BCUT2D eigenvalue weighted by Crippen LogP contribution is -2.01. The minimum atomic E-state index is 1.09. The zero-order valence-corrected chi connectivity index (χ0v) is 8.26. The highest BCUT2D eigenvalue weighted by molar-refractivity contribution is 6.33. The van der Waals surface area contributed by atoms with E-state index in [0.717, 1.165) is 11.2 Å². The molecule has 0 radical (unpaired) electrons. The number of hydrogen-bond acceptors (Lipinski definition) is 1. The fourth-order valence-electron chi connectivity index (χ4n) is 1.68. The number of benzene rings is 1. The summed E-state index contributed by atoms with van der Waals surface area (Å²) in [7, 11) is 2.11. The molecule has 2 rings (SSSR count). The Labute approximate surface area is 79.2 Å². The van der Waals surface area contributed by atoms with Crippen LogP contribution in [-0.4, -0.2) is 12.8 Å². The van der Waals surface area contributed by atoms with Crippen molar-refractivity contribution in [2.75, 3.05) is 0 Å². The molecule has 0 bridgehead atoms. The molecule has 64 valence electrons. The highest BCUT2D eigenvalue weighted by atomic mass is 14.7. The predicted molar refractivity (Wildman–Crippen MR) is 59.4 cm³/mol. The van der Waals surface area contributed by atoms with Crippen molar-refractivity contribution in [1.82, 2.24) is 4.98 Å². The largest absolute Gasteiger partial charge is 0.253 e. The molecule has 0 atom stereocenters. The molecule has 0 aliphatic heterocycles. The van der Waals surface area contributed by atoms with E-state index in [1.807, 2.05) is 6.92 Å². The lowest BCUT2D eigenvalue weighted by Gasteiger charge is -2.04. The van der Waals surface area contributed by atoms with Gasteiger partial charge < -0.3 is 0 Å². The first-order valence-corrected chi connectivity index (χ1v) is 4.51. The van der Waals surface area contributed by atoms with Gasteiger partial charge in [0, 0.05) is 11.1 Å². The number of pyridine rings is 1. The molecule has 0 saturated heterocycles. The van der Waals surface area contributed by atoms with Gasteiger partial charge >= 0.3 is 0 Å². The van der Waals surface area contributed by atoms with Crippen LogP contribution in [0.25, 0.3) is 10.9 Å². The molecule has 1 heterocycles. The summed E-state index contributed by atoms with van der Waals surface area (Å²) in [5.74, 6) is 0. The van der Waals surface area contributed by atoms with Gasteiger partial charge in [0.2, 0.25) is 0 Å². The van der Waals surface area contributed by atoms with Crippen LogP contribution < -0.4 is 5.46 Å². The van der Waals surface area contributed by atoms with E-state index in [4.69, 9.17) is 0 Å². The maximum atomic E-state index is 4.48. The van der Waals surface area contributed by atoms with Gasteiger partial charge in [0.15, 0.2) is 0 Å². The third kappa shape index (κ3) is 1.44. The van der Waals surface area contributed by atoms with Crippen molar-refractivity contribution in [3.63, 3.8) is 0 Å². The van der Waals surface area contributed by atoms with E-state index < -0.39 is 0 Å². The van der Waals surface area contributed by atoms with Crippen molar-refractivity contribution in [2.45, 2.75) is 13.8 Å². The first kappa shape index (κ1) is 8.30. The van der Waals surface area contributed by atoms with E-state index in [-0.39, 0.29) is 0 Å². The van der Waals surface area contributed by atoms with Crippen LogP contribution in [0.5, 0.6) is 0 Å². The molecule has 0 fully saturated rings. The fourth-order valence-corrected chi connectivity index (χ4v) is 1.68. The summed E-state index contributed by atoms with van der Waals surface area (Å²) in [6.45, 7) is 4.17. The summed E-state index contributed by atoms with van der Waals surface area (Å²) < 4.78 is 0. The molecule has 0 N–H and O–H groups in total. The molecular formula is C11H12BN. The Morgan fingerprint density at radius 1 is 1.15 bits per heavy atom. The van der Waals surface area contributed by atoms with E-state index in [0.29, 0.717) is 0 Å². The van der Waals surface area contributed by atoms with Crippen LogP contribution >= 0.6 is 0 Å². The monoisotopic (exact) mass is 169 g/mol. The van der Waals surface area contributed by atoms with Crippen LogP contribution in [-0.2, 0) is 0 Å². The maximum Gasteiger partial charge on any atom is 0.139 e. The van der Waals surface area contributed by atoms with Crippen molar-refractivity contribution in [3.8, 4) is 0 Å². The Morgan fingerprint density at radius 3 is 2.69 bits per heavy atom. The van der Waals surface area contributed by atoms with Crippen molar-refractivity contribution in [1.29, 1.82) is 0 Å².